The van der Waals surface area contributed by atoms with E-state index in [1.54, 1.807) is 13.8 Å². The van der Waals surface area contributed by atoms with E-state index in [9.17, 15) is 0 Å². The predicted octanol–water partition coefficient (Wildman–Crippen LogP) is 0.381. The summed E-state index contributed by atoms with van der Waals surface area (Å²) in [7, 11) is 0. The van der Waals surface area contributed by atoms with Gasteiger partial charge in [-0.05, 0) is 13.8 Å². The Bertz CT molecular complexity index is 236. The highest BCUT2D eigenvalue weighted by Crippen LogP contribution is 2.15. The van der Waals surface area contributed by atoms with Crippen molar-refractivity contribution in [1.82, 2.24) is 9.97 Å². The van der Waals surface area contributed by atoms with Crippen LogP contribution in [0.3, 0.4) is 0 Å². The molecule has 0 aliphatic heterocycles. The number of hydrogen-bond acceptors (Lipinski definition) is 4. The summed E-state index contributed by atoms with van der Waals surface area (Å²) in [5, 5.41) is 9.05. The summed E-state index contributed by atoms with van der Waals surface area (Å²) in [6.45, 7) is 3.51. The molecule has 0 radical (unpaired) electrons. The molecule has 10 heavy (non-hydrogen) atoms. The van der Waals surface area contributed by atoms with Gasteiger partial charge in [0.25, 0.3) is 0 Å². The van der Waals surface area contributed by atoms with Gasteiger partial charge < -0.3 is 10.8 Å². The van der Waals surface area contributed by atoms with E-state index in [2.05, 4.69) is 9.97 Å². The Labute approximate surface area is 58.7 Å². The van der Waals surface area contributed by atoms with Gasteiger partial charge in [-0.25, -0.2) is 4.98 Å². The molecule has 0 fully saturated rings. The van der Waals surface area contributed by atoms with Gasteiger partial charge in [-0.1, -0.05) is 0 Å². The molecule has 1 aromatic rings. The van der Waals surface area contributed by atoms with Crippen molar-refractivity contribution in [2.75, 3.05) is 5.73 Å². The standard InChI is InChI=1S/C6H9N3O/c1-3-4(2)8-6(7)9-5(3)10/h1-2H3,(H3,7,8,9,10). The maximum absolute atomic E-state index is 9.05. The van der Waals surface area contributed by atoms with Gasteiger partial charge in [0, 0.05) is 11.3 Å². The molecule has 1 aromatic heterocycles. The lowest BCUT2D eigenvalue weighted by atomic mass is 10.3. The summed E-state index contributed by atoms with van der Waals surface area (Å²) in [6.07, 6.45) is 0. The Kier molecular flexibility index (Phi) is 1.45. The first-order valence-corrected chi connectivity index (χ1v) is 2.91. The highest BCUT2D eigenvalue weighted by Gasteiger charge is 2.02. The van der Waals surface area contributed by atoms with E-state index < -0.39 is 0 Å². The monoisotopic (exact) mass is 139 g/mol. The van der Waals surface area contributed by atoms with Crippen molar-refractivity contribution in [1.29, 1.82) is 0 Å². The first-order valence-electron chi connectivity index (χ1n) is 2.91. The molecule has 0 bridgehead atoms. The number of anilines is 1. The molecule has 4 heteroatoms. The SMILES string of the molecule is Cc1nc(N)nc(O)c1C. The molecular weight excluding hydrogens is 130 g/mol. The summed E-state index contributed by atoms with van der Waals surface area (Å²) in [6, 6.07) is 0. The number of nitrogens with two attached hydrogens (primary N) is 1. The number of aromatic nitrogens is 2. The van der Waals surface area contributed by atoms with E-state index in [1.807, 2.05) is 0 Å². The molecule has 0 saturated carbocycles. The summed E-state index contributed by atoms with van der Waals surface area (Å²) in [5.74, 6) is 0.0746. The minimum absolute atomic E-state index is 0.0370. The van der Waals surface area contributed by atoms with Crippen LogP contribution in [0.2, 0.25) is 0 Å². The molecule has 0 spiro atoms. The average molecular weight is 139 g/mol. The molecule has 54 valence electrons. The largest absolute Gasteiger partial charge is 0.493 e. The number of aryl methyl sites for hydroxylation is 1. The highest BCUT2D eigenvalue weighted by atomic mass is 16.3. The van der Waals surface area contributed by atoms with E-state index >= 15 is 0 Å². The number of nitrogen functional groups attached to an aromatic ring is 1. The molecular formula is C6H9N3O. The van der Waals surface area contributed by atoms with E-state index in [0.717, 1.165) is 0 Å². The van der Waals surface area contributed by atoms with Gasteiger partial charge in [0.2, 0.25) is 11.8 Å². The van der Waals surface area contributed by atoms with Crippen LogP contribution in [0.1, 0.15) is 11.3 Å². The fourth-order valence-corrected chi connectivity index (χ4v) is 0.635. The van der Waals surface area contributed by atoms with Crippen molar-refractivity contribution < 1.29 is 5.11 Å². The van der Waals surface area contributed by atoms with Crippen LogP contribution in [-0.2, 0) is 0 Å². The van der Waals surface area contributed by atoms with Gasteiger partial charge in [0.05, 0.1) is 0 Å². The van der Waals surface area contributed by atoms with Gasteiger partial charge in [-0.2, -0.15) is 4.98 Å². The summed E-state index contributed by atoms with van der Waals surface area (Å²) in [5.41, 5.74) is 6.63. The first-order chi connectivity index (χ1) is 4.61. The van der Waals surface area contributed by atoms with Gasteiger partial charge >= 0.3 is 0 Å². The average Bonchev–Trinajstić information content (AvgIpc) is 1.82. The van der Waals surface area contributed by atoms with Crippen molar-refractivity contribution in [3.8, 4) is 5.88 Å². The van der Waals surface area contributed by atoms with E-state index in [4.69, 9.17) is 10.8 Å². The van der Waals surface area contributed by atoms with Crippen LogP contribution in [0.4, 0.5) is 5.95 Å². The topological polar surface area (TPSA) is 72.0 Å². The molecule has 0 aromatic carbocycles. The van der Waals surface area contributed by atoms with Crippen LogP contribution in [0, 0.1) is 13.8 Å². The molecule has 1 heterocycles. The van der Waals surface area contributed by atoms with Gasteiger partial charge in [-0.15, -0.1) is 0 Å². The van der Waals surface area contributed by atoms with Crippen LogP contribution < -0.4 is 5.73 Å². The van der Waals surface area contributed by atoms with E-state index in [1.165, 1.54) is 0 Å². The lowest BCUT2D eigenvalue weighted by molar-refractivity contribution is 0.447. The van der Waals surface area contributed by atoms with Crippen molar-refractivity contribution in [3.05, 3.63) is 11.3 Å². The normalized spacial score (nSPS) is 9.80. The van der Waals surface area contributed by atoms with Crippen molar-refractivity contribution in [2.24, 2.45) is 0 Å². The highest BCUT2D eigenvalue weighted by molar-refractivity contribution is 5.32. The Morgan fingerprint density at radius 1 is 1.30 bits per heavy atom. The maximum atomic E-state index is 9.05. The van der Waals surface area contributed by atoms with Gasteiger partial charge in [-0.3, -0.25) is 0 Å². The summed E-state index contributed by atoms with van der Waals surface area (Å²) >= 11 is 0. The molecule has 3 N–H and O–H groups in total. The lowest BCUT2D eigenvalue weighted by Gasteiger charge is -2.00. The minimum Gasteiger partial charge on any atom is -0.493 e. The second kappa shape index (κ2) is 2.13. The molecule has 1 rings (SSSR count). The zero-order chi connectivity index (χ0) is 7.72. The predicted molar refractivity (Wildman–Crippen MR) is 37.6 cm³/mol. The molecule has 0 aliphatic carbocycles. The van der Waals surface area contributed by atoms with Gasteiger partial charge in [0.15, 0.2) is 0 Å². The fraction of sp³-hybridized carbons (Fsp3) is 0.333. The lowest BCUT2D eigenvalue weighted by Crippen LogP contribution is -1.98. The third-order valence-electron chi connectivity index (χ3n) is 1.38. The van der Waals surface area contributed by atoms with Crippen molar-refractivity contribution >= 4 is 5.95 Å². The maximum Gasteiger partial charge on any atom is 0.223 e. The van der Waals surface area contributed by atoms with Crippen molar-refractivity contribution in [3.63, 3.8) is 0 Å². The zero-order valence-corrected chi connectivity index (χ0v) is 5.92. The van der Waals surface area contributed by atoms with Crippen LogP contribution in [0.5, 0.6) is 5.88 Å². The molecule has 4 nitrogen and oxygen atoms in total. The number of aromatic hydroxyl groups is 1. The Balaban J connectivity index is 3.31. The number of hydrogen-bond donors (Lipinski definition) is 2. The van der Waals surface area contributed by atoms with Crippen LogP contribution >= 0.6 is 0 Å². The quantitative estimate of drug-likeness (QED) is 0.545. The smallest absolute Gasteiger partial charge is 0.223 e. The molecule has 0 atom stereocenters. The Morgan fingerprint density at radius 3 is 2.40 bits per heavy atom. The fourth-order valence-electron chi connectivity index (χ4n) is 0.635. The number of rotatable bonds is 0. The third kappa shape index (κ3) is 1.00. The van der Waals surface area contributed by atoms with E-state index in [-0.39, 0.29) is 11.8 Å². The summed E-state index contributed by atoms with van der Waals surface area (Å²) < 4.78 is 0. The molecule has 0 saturated heterocycles. The van der Waals surface area contributed by atoms with Crippen LogP contribution in [-0.4, -0.2) is 15.1 Å². The Hall–Kier alpha value is -1.32. The van der Waals surface area contributed by atoms with E-state index in [0.29, 0.717) is 11.3 Å². The molecule has 0 unspecified atom stereocenters. The zero-order valence-electron chi connectivity index (χ0n) is 5.92. The molecule has 0 aliphatic rings. The van der Waals surface area contributed by atoms with Gasteiger partial charge in [0.1, 0.15) is 0 Å². The third-order valence-corrected chi connectivity index (χ3v) is 1.38. The summed E-state index contributed by atoms with van der Waals surface area (Å²) in [4.78, 5) is 7.40. The molecule has 0 amide bonds. The Morgan fingerprint density at radius 2 is 1.90 bits per heavy atom. The van der Waals surface area contributed by atoms with Crippen LogP contribution in [0.15, 0.2) is 0 Å². The van der Waals surface area contributed by atoms with Crippen molar-refractivity contribution in [2.45, 2.75) is 13.8 Å². The second-order valence-corrected chi connectivity index (χ2v) is 2.12. The second-order valence-electron chi connectivity index (χ2n) is 2.12. The van der Waals surface area contributed by atoms with Crippen LogP contribution in [0.25, 0.3) is 0 Å². The number of nitrogens with zero attached hydrogens (tertiary/aromatic N) is 2. The first kappa shape index (κ1) is 6.80. The minimum atomic E-state index is -0.0370.